The molecule has 5 nitrogen and oxygen atoms in total. The normalized spacial score (nSPS) is 22.1. The Labute approximate surface area is 136 Å². The Balaban J connectivity index is 1.61. The summed E-state index contributed by atoms with van der Waals surface area (Å²) < 4.78 is 18.6. The molecule has 0 bridgehead atoms. The van der Waals surface area contributed by atoms with E-state index in [1.165, 1.54) is 12.1 Å². The van der Waals surface area contributed by atoms with Crippen molar-refractivity contribution in [2.75, 3.05) is 44.7 Å². The number of benzene rings is 1. The third kappa shape index (κ3) is 3.58. The summed E-state index contributed by atoms with van der Waals surface area (Å²) in [4.78, 5) is 16.6. The van der Waals surface area contributed by atoms with Gasteiger partial charge in [-0.2, -0.15) is 0 Å². The summed E-state index contributed by atoms with van der Waals surface area (Å²) in [6, 6.07) is 4.57. The molecule has 2 aliphatic rings. The first kappa shape index (κ1) is 16.1. The largest absolute Gasteiger partial charge is 0.494 e. The van der Waals surface area contributed by atoms with Crippen molar-refractivity contribution in [3.8, 4) is 5.75 Å². The lowest BCUT2D eigenvalue weighted by atomic mass is 10.0. The van der Waals surface area contributed by atoms with Crippen molar-refractivity contribution >= 4 is 11.6 Å². The molecule has 0 aliphatic carbocycles. The molecule has 0 spiro atoms. The van der Waals surface area contributed by atoms with E-state index < -0.39 is 0 Å². The number of nitrogens with one attached hydrogen (secondary N) is 1. The number of piperazine rings is 1. The summed E-state index contributed by atoms with van der Waals surface area (Å²) in [5.74, 6) is 0.455. The van der Waals surface area contributed by atoms with Crippen molar-refractivity contribution in [2.24, 2.45) is 0 Å². The van der Waals surface area contributed by atoms with Crippen molar-refractivity contribution < 1.29 is 13.9 Å². The molecule has 1 atom stereocenters. The first-order valence-electron chi connectivity index (χ1n) is 8.29. The van der Waals surface area contributed by atoms with Crippen LogP contribution in [-0.2, 0) is 4.79 Å². The fourth-order valence-corrected chi connectivity index (χ4v) is 3.36. The van der Waals surface area contributed by atoms with Crippen LogP contribution in [0, 0.1) is 5.82 Å². The predicted octanol–water partition coefficient (Wildman–Crippen LogP) is 1.62. The van der Waals surface area contributed by atoms with Crippen LogP contribution in [-0.4, -0.2) is 56.7 Å². The molecule has 3 rings (SSSR count). The molecule has 0 aromatic heterocycles. The van der Waals surface area contributed by atoms with Gasteiger partial charge < -0.3 is 19.9 Å². The first-order valence-corrected chi connectivity index (χ1v) is 8.29. The number of nitrogens with zero attached hydrogens (tertiary/aromatic N) is 2. The molecule has 1 aromatic rings. The second-order valence-electron chi connectivity index (χ2n) is 6.13. The third-order valence-corrected chi connectivity index (χ3v) is 4.68. The zero-order valence-electron chi connectivity index (χ0n) is 13.6. The lowest BCUT2D eigenvalue weighted by Gasteiger charge is -2.38. The van der Waals surface area contributed by atoms with Gasteiger partial charge in [0.1, 0.15) is 11.6 Å². The molecule has 0 saturated carbocycles. The number of piperidine rings is 1. The number of carbonyl (C=O) groups is 1. The highest BCUT2D eigenvalue weighted by Crippen LogP contribution is 2.29. The summed E-state index contributed by atoms with van der Waals surface area (Å²) in [7, 11) is 1.55. The number of halogens is 1. The van der Waals surface area contributed by atoms with Crippen LogP contribution in [0.2, 0.25) is 0 Å². The van der Waals surface area contributed by atoms with E-state index in [1.807, 2.05) is 4.90 Å². The first-order chi connectivity index (χ1) is 11.2. The molecule has 1 aromatic carbocycles. The maximum absolute atomic E-state index is 13.3. The van der Waals surface area contributed by atoms with E-state index in [0.717, 1.165) is 44.6 Å². The van der Waals surface area contributed by atoms with Gasteiger partial charge in [0.25, 0.3) is 0 Å². The average molecular weight is 321 g/mol. The standard InChI is InChI=1S/C17H24FN3O2/c1-23-16-12-13(18)5-6-15(16)20-8-10-21(11-9-20)17(22)14-4-2-3-7-19-14/h5-6,12,14,19H,2-4,7-11H2,1H3/t14-/m1/s1. The van der Waals surface area contributed by atoms with E-state index >= 15 is 0 Å². The van der Waals surface area contributed by atoms with Crippen molar-refractivity contribution in [2.45, 2.75) is 25.3 Å². The van der Waals surface area contributed by atoms with Crippen molar-refractivity contribution in [1.82, 2.24) is 10.2 Å². The maximum Gasteiger partial charge on any atom is 0.239 e. The van der Waals surface area contributed by atoms with Crippen LogP contribution in [0.4, 0.5) is 10.1 Å². The Morgan fingerprint density at radius 2 is 2.04 bits per heavy atom. The molecule has 126 valence electrons. The summed E-state index contributed by atoms with van der Waals surface area (Å²) in [6.07, 6.45) is 3.21. The lowest BCUT2D eigenvalue weighted by molar-refractivity contribution is -0.134. The molecule has 6 heteroatoms. The van der Waals surface area contributed by atoms with E-state index in [1.54, 1.807) is 13.2 Å². The van der Waals surface area contributed by atoms with Crippen molar-refractivity contribution in [3.63, 3.8) is 0 Å². The van der Waals surface area contributed by atoms with Gasteiger partial charge in [-0.3, -0.25) is 4.79 Å². The smallest absolute Gasteiger partial charge is 0.239 e. The van der Waals surface area contributed by atoms with Gasteiger partial charge in [-0.05, 0) is 31.5 Å². The SMILES string of the molecule is COc1cc(F)ccc1N1CCN(C(=O)[C@H]2CCCCN2)CC1. The zero-order chi connectivity index (χ0) is 16.2. The topological polar surface area (TPSA) is 44.8 Å². The van der Waals surface area contributed by atoms with Crippen LogP contribution in [0.15, 0.2) is 18.2 Å². The highest BCUT2D eigenvalue weighted by Gasteiger charge is 2.28. The number of hydrogen-bond acceptors (Lipinski definition) is 4. The highest BCUT2D eigenvalue weighted by atomic mass is 19.1. The number of methoxy groups -OCH3 is 1. The summed E-state index contributed by atoms with van der Waals surface area (Å²) in [5, 5.41) is 3.32. The quantitative estimate of drug-likeness (QED) is 0.919. The monoisotopic (exact) mass is 321 g/mol. The van der Waals surface area contributed by atoms with Crippen molar-refractivity contribution in [3.05, 3.63) is 24.0 Å². The molecule has 0 radical (unpaired) electrons. The van der Waals surface area contributed by atoms with E-state index in [-0.39, 0.29) is 17.8 Å². The summed E-state index contributed by atoms with van der Waals surface area (Å²) in [5.41, 5.74) is 0.886. The highest BCUT2D eigenvalue weighted by molar-refractivity contribution is 5.82. The number of amides is 1. The van der Waals surface area contributed by atoms with Crippen molar-refractivity contribution in [1.29, 1.82) is 0 Å². The van der Waals surface area contributed by atoms with Gasteiger partial charge in [0, 0.05) is 32.2 Å². The van der Waals surface area contributed by atoms with Gasteiger partial charge in [0.15, 0.2) is 0 Å². The second kappa shape index (κ2) is 7.17. The molecule has 2 aliphatic heterocycles. The number of rotatable bonds is 3. The van der Waals surface area contributed by atoms with Gasteiger partial charge in [0.2, 0.25) is 5.91 Å². The zero-order valence-corrected chi connectivity index (χ0v) is 13.6. The fourth-order valence-electron chi connectivity index (χ4n) is 3.36. The van der Waals surface area contributed by atoms with Gasteiger partial charge in [-0.15, -0.1) is 0 Å². The summed E-state index contributed by atoms with van der Waals surface area (Å²) >= 11 is 0. The number of anilines is 1. The molecule has 23 heavy (non-hydrogen) atoms. The molecule has 0 unspecified atom stereocenters. The number of carbonyl (C=O) groups excluding carboxylic acids is 1. The van der Waals surface area contributed by atoms with Gasteiger partial charge in [0.05, 0.1) is 18.8 Å². The van der Waals surface area contributed by atoms with Crippen LogP contribution >= 0.6 is 0 Å². The average Bonchev–Trinajstić information content (AvgIpc) is 2.62. The minimum Gasteiger partial charge on any atom is -0.494 e. The molecule has 1 amide bonds. The third-order valence-electron chi connectivity index (χ3n) is 4.68. The van der Waals surface area contributed by atoms with Crippen LogP contribution in [0.5, 0.6) is 5.75 Å². The molecular weight excluding hydrogens is 297 g/mol. The Kier molecular flexibility index (Phi) is 5.00. The van der Waals surface area contributed by atoms with Crippen LogP contribution in [0.3, 0.4) is 0 Å². The van der Waals surface area contributed by atoms with E-state index in [9.17, 15) is 9.18 Å². The van der Waals surface area contributed by atoms with Gasteiger partial charge in [-0.25, -0.2) is 4.39 Å². The Morgan fingerprint density at radius 3 is 2.70 bits per heavy atom. The van der Waals surface area contributed by atoms with Gasteiger partial charge in [-0.1, -0.05) is 6.42 Å². The van der Waals surface area contributed by atoms with Gasteiger partial charge >= 0.3 is 0 Å². The molecule has 2 heterocycles. The van der Waals surface area contributed by atoms with Crippen LogP contribution in [0.1, 0.15) is 19.3 Å². The van der Waals surface area contributed by atoms with E-state index in [4.69, 9.17) is 4.74 Å². The van der Waals surface area contributed by atoms with Crippen LogP contribution < -0.4 is 15.0 Å². The molecule has 2 saturated heterocycles. The molecule has 2 fully saturated rings. The lowest BCUT2D eigenvalue weighted by Crippen LogP contribution is -2.55. The molecule has 1 N–H and O–H groups in total. The fraction of sp³-hybridized carbons (Fsp3) is 0.588. The Bertz CT molecular complexity index is 553. The predicted molar refractivity (Wildman–Crippen MR) is 87.4 cm³/mol. The second-order valence-corrected chi connectivity index (χ2v) is 6.13. The van der Waals surface area contributed by atoms with E-state index in [2.05, 4.69) is 10.2 Å². The molecular formula is C17H24FN3O2. The minimum atomic E-state index is -0.303. The maximum atomic E-state index is 13.3. The number of hydrogen-bond donors (Lipinski definition) is 1. The minimum absolute atomic E-state index is 0.0179. The Morgan fingerprint density at radius 1 is 1.26 bits per heavy atom. The summed E-state index contributed by atoms with van der Waals surface area (Å²) in [6.45, 7) is 3.79. The van der Waals surface area contributed by atoms with E-state index in [0.29, 0.717) is 18.8 Å². The number of ether oxygens (including phenoxy) is 1. The Hall–Kier alpha value is -1.82. The van der Waals surface area contributed by atoms with Crippen LogP contribution in [0.25, 0.3) is 0 Å².